The second-order valence-electron chi connectivity index (χ2n) is 4.07. The standard InChI is InChI=1S/C10H21N3O/c1-8(11)10(14)13(2)9-4-3-6-12-7-5-9/h8-9,12H,3-7,11H2,1-2H3/t8-,9?/m0/s1. The molecule has 0 bridgehead atoms. The molecule has 0 saturated carbocycles. The number of hydrogen-bond donors (Lipinski definition) is 2. The van der Waals surface area contributed by atoms with Crippen molar-refractivity contribution in [3.05, 3.63) is 0 Å². The van der Waals surface area contributed by atoms with Gasteiger partial charge in [0.15, 0.2) is 0 Å². The molecular formula is C10H21N3O. The van der Waals surface area contributed by atoms with Gasteiger partial charge < -0.3 is 16.0 Å². The highest BCUT2D eigenvalue weighted by Crippen LogP contribution is 2.12. The van der Waals surface area contributed by atoms with E-state index in [1.807, 2.05) is 11.9 Å². The Balaban J connectivity index is 2.49. The van der Waals surface area contributed by atoms with Crippen LogP contribution in [0.25, 0.3) is 0 Å². The van der Waals surface area contributed by atoms with Gasteiger partial charge >= 0.3 is 0 Å². The summed E-state index contributed by atoms with van der Waals surface area (Å²) in [5.74, 6) is 0.0527. The number of nitrogens with one attached hydrogen (secondary N) is 1. The molecular weight excluding hydrogens is 178 g/mol. The van der Waals surface area contributed by atoms with Gasteiger partial charge in [0.25, 0.3) is 0 Å². The Morgan fingerprint density at radius 3 is 2.86 bits per heavy atom. The first-order valence-electron chi connectivity index (χ1n) is 5.36. The van der Waals surface area contributed by atoms with Gasteiger partial charge in [0.05, 0.1) is 6.04 Å². The molecule has 3 N–H and O–H groups in total. The molecule has 0 spiro atoms. The predicted molar refractivity (Wildman–Crippen MR) is 56.9 cm³/mol. The molecule has 14 heavy (non-hydrogen) atoms. The third-order valence-electron chi connectivity index (χ3n) is 2.83. The fraction of sp³-hybridized carbons (Fsp3) is 0.900. The minimum Gasteiger partial charge on any atom is -0.341 e. The maximum Gasteiger partial charge on any atom is 0.239 e. The van der Waals surface area contributed by atoms with Crippen LogP contribution in [-0.4, -0.2) is 43.0 Å². The normalized spacial score (nSPS) is 25.2. The molecule has 1 saturated heterocycles. The van der Waals surface area contributed by atoms with Crippen molar-refractivity contribution in [3.63, 3.8) is 0 Å². The van der Waals surface area contributed by atoms with E-state index in [1.165, 1.54) is 0 Å². The number of amides is 1. The molecule has 1 amide bonds. The summed E-state index contributed by atoms with van der Waals surface area (Å²) < 4.78 is 0. The van der Waals surface area contributed by atoms with Crippen LogP contribution in [0.2, 0.25) is 0 Å². The molecule has 0 aromatic carbocycles. The van der Waals surface area contributed by atoms with Crippen molar-refractivity contribution in [2.45, 2.75) is 38.3 Å². The number of likely N-dealkylation sites (N-methyl/N-ethyl adjacent to an activating group) is 1. The lowest BCUT2D eigenvalue weighted by Crippen LogP contribution is -2.45. The van der Waals surface area contributed by atoms with Crippen LogP contribution in [0.3, 0.4) is 0 Å². The van der Waals surface area contributed by atoms with Crippen LogP contribution >= 0.6 is 0 Å². The number of rotatable bonds is 2. The van der Waals surface area contributed by atoms with E-state index >= 15 is 0 Å². The third kappa shape index (κ3) is 2.96. The van der Waals surface area contributed by atoms with Crippen LogP contribution in [0.5, 0.6) is 0 Å². The molecule has 0 aromatic rings. The summed E-state index contributed by atoms with van der Waals surface area (Å²) in [7, 11) is 1.86. The van der Waals surface area contributed by atoms with E-state index in [4.69, 9.17) is 5.73 Å². The molecule has 0 aliphatic carbocycles. The average Bonchev–Trinajstić information content (AvgIpc) is 2.43. The van der Waals surface area contributed by atoms with E-state index in [2.05, 4.69) is 5.32 Å². The number of nitrogens with zero attached hydrogens (tertiary/aromatic N) is 1. The van der Waals surface area contributed by atoms with Crippen molar-refractivity contribution in [2.75, 3.05) is 20.1 Å². The smallest absolute Gasteiger partial charge is 0.239 e. The quantitative estimate of drug-likeness (QED) is 0.655. The second kappa shape index (κ2) is 5.32. The maximum atomic E-state index is 11.6. The number of carbonyl (C=O) groups is 1. The molecule has 1 fully saturated rings. The lowest BCUT2D eigenvalue weighted by molar-refractivity contribution is -0.133. The maximum absolute atomic E-state index is 11.6. The van der Waals surface area contributed by atoms with Crippen molar-refractivity contribution in [1.29, 1.82) is 0 Å². The molecule has 2 atom stereocenters. The predicted octanol–water partition coefficient (Wildman–Crippen LogP) is -0.0659. The first kappa shape index (κ1) is 11.5. The average molecular weight is 199 g/mol. The molecule has 4 nitrogen and oxygen atoms in total. The van der Waals surface area contributed by atoms with Crippen molar-refractivity contribution in [2.24, 2.45) is 5.73 Å². The number of nitrogens with two attached hydrogens (primary N) is 1. The van der Waals surface area contributed by atoms with Crippen molar-refractivity contribution < 1.29 is 4.79 Å². The molecule has 82 valence electrons. The lowest BCUT2D eigenvalue weighted by atomic mass is 10.1. The monoisotopic (exact) mass is 199 g/mol. The Kier molecular flexibility index (Phi) is 4.35. The van der Waals surface area contributed by atoms with Crippen molar-refractivity contribution in [1.82, 2.24) is 10.2 Å². The van der Waals surface area contributed by atoms with Gasteiger partial charge in [-0.2, -0.15) is 0 Å². The fourth-order valence-corrected chi connectivity index (χ4v) is 1.89. The fourth-order valence-electron chi connectivity index (χ4n) is 1.89. The van der Waals surface area contributed by atoms with Gasteiger partial charge in [0.2, 0.25) is 5.91 Å². The highest BCUT2D eigenvalue weighted by Gasteiger charge is 2.22. The summed E-state index contributed by atoms with van der Waals surface area (Å²) in [4.78, 5) is 13.5. The SMILES string of the molecule is C[C@H](N)C(=O)N(C)C1CCCNCC1. The van der Waals surface area contributed by atoms with Gasteiger partial charge in [-0.05, 0) is 39.3 Å². The van der Waals surface area contributed by atoms with E-state index in [0.29, 0.717) is 6.04 Å². The van der Waals surface area contributed by atoms with Crippen LogP contribution < -0.4 is 11.1 Å². The summed E-state index contributed by atoms with van der Waals surface area (Å²) in [6.45, 7) is 3.81. The van der Waals surface area contributed by atoms with Crippen LogP contribution in [0.1, 0.15) is 26.2 Å². The summed E-state index contributed by atoms with van der Waals surface area (Å²) in [5.41, 5.74) is 5.58. The second-order valence-corrected chi connectivity index (χ2v) is 4.07. The molecule has 0 radical (unpaired) electrons. The van der Waals surface area contributed by atoms with Gasteiger partial charge in [-0.25, -0.2) is 0 Å². The molecule has 1 rings (SSSR count). The minimum absolute atomic E-state index is 0.0527. The highest BCUT2D eigenvalue weighted by molar-refractivity contribution is 5.81. The van der Waals surface area contributed by atoms with E-state index in [1.54, 1.807) is 6.92 Å². The minimum atomic E-state index is -0.379. The number of carbonyl (C=O) groups excluding carboxylic acids is 1. The van der Waals surface area contributed by atoms with Crippen LogP contribution in [0.4, 0.5) is 0 Å². The Labute approximate surface area is 85.8 Å². The summed E-state index contributed by atoms with van der Waals surface area (Å²) in [6, 6.07) is -0.0142. The number of hydrogen-bond acceptors (Lipinski definition) is 3. The first-order valence-corrected chi connectivity index (χ1v) is 5.36. The van der Waals surface area contributed by atoms with Gasteiger partial charge in [0, 0.05) is 13.1 Å². The van der Waals surface area contributed by atoms with Crippen LogP contribution in [-0.2, 0) is 4.79 Å². The molecule has 1 heterocycles. The highest BCUT2D eigenvalue weighted by atomic mass is 16.2. The van der Waals surface area contributed by atoms with Gasteiger partial charge in [-0.1, -0.05) is 0 Å². The Morgan fingerprint density at radius 1 is 1.50 bits per heavy atom. The van der Waals surface area contributed by atoms with E-state index in [9.17, 15) is 4.79 Å². The van der Waals surface area contributed by atoms with Gasteiger partial charge in [-0.15, -0.1) is 0 Å². The van der Waals surface area contributed by atoms with Crippen LogP contribution in [0.15, 0.2) is 0 Å². The summed E-state index contributed by atoms with van der Waals surface area (Å²) >= 11 is 0. The zero-order valence-electron chi connectivity index (χ0n) is 9.12. The molecule has 0 aromatic heterocycles. The Morgan fingerprint density at radius 2 is 2.21 bits per heavy atom. The van der Waals surface area contributed by atoms with E-state index in [-0.39, 0.29) is 11.9 Å². The summed E-state index contributed by atoms with van der Waals surface area (Å²) in [6.07, 6.45) is 3.26. The molecule has 1 aliphatic heterocycles. The zero-order valence-corrected chi connectivity index (χ0v) is 9.12. The molecule has 1 unspecified atom stereocenters. The molecule has 4 heteroatoms. The molecule has 1 aliphatic rings. The Bertz CT molecular complexity index is 186. The van der Waals surface area contributed by atoms with Crippen LogP contribution in [0, 0.1) is 0 Å². The van der Waals surface area contributed by atoms with Crippen molar-refractivity contribution >= 4 is 5.91 Å². The van der Waals surface area contributed by atoms with Gasteiger partial charge in [0.1, 0.15) is 0 Å². The largest absolute Gasteiger partial charge is 0.341 e. The summed E-state index contributed by atoms with van der Waals surface area (Å²) in [5, 5.41) is 3.33. The van der Waals surface area contributed by atoms with Gasteiger partial charge in [-0.3, -0.25) is 4.79 Å². The lowest BCUT2D eigenvalue weighted by Gasteiger charge is -2.28. The zero-order chi connectivity index (χ0) is 10.6. The van der Waals surface area contributed by atoms with E-state index < -0.39 is 0 Å². The third-order valence-corrected chi connectivity index (χ3v) is 2.83. The van der Waals surface area contributed by atoms with E-state index in [0.717, 1.165) is 32.4 Å². The van der Waals surface area contributed by atoms with Crippen molar-refractivity contribution in [3.8, 4) is 0 Å². The topological polar surface area (TPSA) is 58.4 Å². The Hall–Kier alpha value is -0.610. The first-order chi connectivity index (χ1) is 6.63.